The van der Waals surface area contributed by atoms with E-state index in [2.05, 4.69) is 10.3 Å². The number of hydrogen-bond acceptors (Lipinski definition) is 5. The van der Waals surface area contributed by atoms with Gasteiger partial charge in [0, 0.05) is 29.9 Å². The van der Waals surface area contributed by atoms with Gasteiger partial charge in [0.15, 0.2) is 0 Å². The van der Waals surface area contributed by atoms with Crippen LogP contribution in [-0.4, -0.2) is 59.3 Å². The molecule has 5 rings (SSSR count). The standard InChI is InChI=1S/C28H37N5O5/c1-38-23-9-5-8-21-19(23)13-22(32-21)26(36)33-15-18(16-6-3-2-4-7-16)14-28(33,27(30)37)20(24(29)34)12-17-10-11-31-25(17)35/h5,8-9,13,16-18,20,32H,2-4,6-7,10-12,14-15H2,1H3,(H2,29,34)(H2,30,37)(H,31,35)/t17-,18?,20-,28?/m1/s1. The lowest BCUT2D eigenvalue weighted by Crippen LogP contribution is -2.63. The summed E-state index contributed by atoms with van der Waals surface area (Å²) in [5, 5.41) is 3.52. The molecule has 6 N–H and O–H groups in total. The number of carbonyl (C=O) groups excluding carboxylic acids is 4. The SMILES string of the molecule is COc1cccc2[nH]c(C(=O)N3CC(C4CCCCC4)CC3(C(N)=O)[C@H](C[C@H]3CCNC3=O)C(N)=O)cc12. The Bertz CT molecular complexity index is 1250. The number of amides is 4. The summed E-state index contributed by atoms with van der Waals surface area (Å²) in [4.78, 5) is 57.8. The van der Waals surface area contributed by atoms with Crippen LogP contribution < -0.4 is 21.5 Å². The Labute approximate surface area is 221 Å². The monoisotopic (exact) mass is 523 g/mol. The lowest BCUT2D eigenvalue weighted by molar-refractivity contribution is -0.140. The summed E-state index contributed by atoms with van der Waals surface area (Å²) in [5.41, 5.74) is 11.5. The molecule has 2 saturated heterocycles. The molecule has 2 unspecified atom stereocenters. The van der Waals surface area contributed by atoms with Crippen LogP contribution >= 0.6 is 0 Å². The minimum atomic E-state index is -1.62. The smallest absolute Gasteiger partial charge is 0.271 e. The maximum atomic E-state index is 14.2. The number of H-pyrrole nitrogens is 1. The van der Waals surface area contributed by atoms with Crippen LogP contribution in [0, 0.1) is 23.7 Å². The minimum Gasteiger partial charge on any atom is -0.496 e. The molecule has 2 aromatic rings. The summed E-state index contributed by atoms with van der Waals surface area (Å²) >= 11 is 0. The Kier molecular flexibility index (Phi) is 7.07. The minimum absolute atomic E-state index is 0.00455. The number of aromatic amines is 1. The van der Waals surface area contributed by atoms with Crippen LogP contribution in [-0.2, 0) is 14.4 Å². The molecule has 2 aliphatic heterocycles. The van der Waals surface area contributed by atoms with Crippen LogP contribution in [0.3, 0.4) is 0 Å². The summed E-state index contributed by atoms with van der Waals surface area (Å²) in [6.07, 6.45) is 6.28. The zero-order chi connectivity index (χ0) is 27.0. The van der Waals surface area contributed by atoms with Crippen molar-refractivity contribution in [3.05, 3.63) is 30.0 Å². The molecular weight excluding hydrogens is 486 g/mol. The average Bonchev–Trinajstić information content (AvgIpc) is 3.64. The van der Waals surface area contributed by atoms with E-state index in [0.717, 1.165) is 36.6 Å². The molecule has 4 atom stereocenters. The maximum absolute atomic E-state index is 14.2. The van der Waals surface area contributed by atoms with Crippen LogP contribution in [0.25, 0.3) is 10.9 Å². The zero-order valence-electron chi connectivity index (χ0n) is 21.8. The molecule has 0 spiro atoms. The number of primary amides is 2. The van der Waals surface area contributed by atoms with Crippen molar-refractivity contribution in [1.82, 2.24) is 15.2 Å². The van der Waals surface area contributed by atoms with Gasteiger partial charge in [-0.05, 0) is 49.3 Å². The van der Waals surface area contributed by atoms with Crippen molar-refractivity contribution in [2.24, 2.45) is 35.1 Å². The predicted molar refractivity (Wildman–Crippen MR) is 141 cm³/mol. The number of rotatable bonds is 8. The second kappa shape index (κ2) is 10.3. The summed E-state index contributed by atoms with van der Waals surface area (Å²) in [7, 11) is 1.56. The van der Waals surface area contributed by atoms with E-state index < -0.39 is 35.1 Å². The molecule has 3 aliphatic rings. The highest BCUT2D eigenvalue weighted by Gasteiger charge is 2.60. The van der Waals surface area contributed by atoms with Gasteiger partial charge in [-0.15, -0.1) is 0 Å². The number of nitrogens with one attached hydrogen (secondary N) is 2. The van der Waals surface area contributed by atoms with E-state index in [4.69, 9.17) is 16.2 Å². The van der Waals surface area contributed by atoms with E-state index in [0.29, 0.717) is 31.2 Å². The number of nitrogens with zero attached hydrogens (tertiary/aromatic N) is 1. The highest BCUT2D eigenvalue weighted by molar-refractivity contribution is 6.04. The van der Waals surface area contributed by atoms with Crippen molar-refractivity contribution in [1.29, 1.82) is 0 Å². The Morgan fingerprint density at radius 3 is 2.53 bits per heavy atom. The van der Waals surface area contributed by atoms with E-state index in [1.807, 2.05) is 18.2 Å². The molecule has 1 aliphatic carbocycles. The van der Waals surface area contributed by atoms with Gasteiger partial charge in [-0.2, -0.15) is 0 Å². The number of benzene rings is 1. The van der Waals surface area contributed by atoms with Crippen LogP contribution in [0.4, 0.5) is 0 Å². The molecule has 10 heteroatoms. The average molecular weight is 524 g/mol. The third-order valence-corrected chi connectivity index (χ3v) is 9.14. The van der Waals surface area contributed by atoms with Gasteiger partial charge in [-0.3, -0.25) is 19.2 Å². The van der Waals surface area contributed by atoms with Gasteiger partial charge < -0.3 is 31.4 Å². The third-order valence-electron chi connectivity index (χ3n) is 9.14. The Balaban J connectivity index is 1.58. The molecule has 204 valence electrons. The molecule has 1 aromatic heterocycles. The zero-order valence-corrected chi connectivity index (χ0v) is 21.8. The van der Waals surface area contributed by atoms with Crippen LogP contribution in [0.1, 0.15) is 61.9 Å². The summed E-state index contributed by atoms with van der Waals surface area (Å²) in [6.45, 7) is 0.808. The van der Waals surface area contributed by atoms with Crippen molar-refractivity contribution >= 4 is 34.5 Å². The van der Waals surface area contributed by atoms with Crippen molar-refractivity contribution in [2.45, 2.75) is 56.9 Å². The topological polar surface area (TPSA) is 161 Å². The summed E-state index contributed by atoms with van der Waals surface area (Å²) < 4.78 is 5.46. The number of aromatic nitrogens is 1. The first-order chi connectivity index (χ1) is 18.3. The number of hydrogen-bond donors (Lipinski definition) is 4. The largest absolute Gasteiger partial charge is 0.496 e. The molecule has 3 heterocycles. The quantitative estimate of drug-likeness (QED) is 0.416. The maximum Gasteiger partial charge on any atom is 0.271 e. The van der Waals surface area contributed by atoms with Gasteiger partial charge in [0.2, 0.25) is 17.7 Å². The second-order valence-electron chi connectivity index (χ2n) is 11.1. The van der Waals surface area contributed by atoms with Gasteiger partial charge >= 0.3 is 0 Å². The van der Waals surface area contributed by atoms with Crippen molar-refractivity contribution in [2.75, 3.05) is 20.2 Å². The lowest BCUT2D eigenvalue weighted by Gasteiger charge is -2.41. The van der Waals surface area contributed by atoms with Crippen molar-refractivity contribution < 1.29 is 23.9 Å². The van der Waals surface area contributed by atoms with Gasteiger partial charge in [0.25, 0.3) is 5.91 Å². The van der Waals surface area contributed by atoms with Gasteiger partial charge in [0.05, 0.1) is 13.0 Å². The Morgan fingerprint density at radius 2 is 1.89 bits per heavy atom. The highest BCUT2D eigenvalue weighted by atomic mass is 16.5. The summed E-state index contributed by atoms with van der Waals surface area (Å²) in [5.74, 6) is -2.65. The number of carbonyl (C=O) groups is 4. The number of methoxy groups -OCH3 is 1. The van der Waals surface area contributed by atoms with Gasteiger partial charge in [-0.25, -0.2) is 0 Å². The number of likely N-dealkylation sites (tertiary alicyclic amines) is 1. The predicted octanol–water partition coefficient (Wildman–Crippen LogP) is 2.07. The second-order valence-corrected chi connectivity index (χ2v) is 11.1. The first-order valence-electron chi connectivity index (χ1n) is 13.6. The number of fused-ring (bicyclic) bond motifs is 1. The van der Waals surface area contributed by atoms with Crippen LogP contribution in [0.5, 0.6) is 5.75 Å². The lowest BCUT2D eigenvalue weighted by atomic mass is 9.71. The Morgan fingerprint density at radius 1 is 1.13 bits per heavy atom. The van der Waals surface area contributed by atoms with E-state index >= 15 is 0 Å². The fourth-order valence-corrected chi connectivity index (χ4v) is 7.16. The third kappa shape index (κ3) is 4.39. The van der Waals surface area contributed by atoms with E-state index in [-0.39, 0.29) is 30.4 Å². The van der Waals surface area contributed by atoms with Crippen molar-refractivity contribution in [3.8, 4) is 5.75 Å². The van der Waals surface area contributed by atoms with Gasteiger partial charge in [0.1, 0.15) is 17.0 Å². The number of nitrogens with two attached hydrogens (primary N) is 2. The molecule has 10 nitrogen and oxygen atoms in total. The molecule has 38 heavy (non-hydrogen) atoms. The normalized spacial score (nSPS) is 26.9. The van der Waals surface area contributed by atoms with Crippen LogP contribution in [0.2, 0.25) is 0 Å². The molecule has 1 saturated carbocycles. The summed E-state index contributed by atoms with van der Waals surface area (Å²) in [6, 6.07) is 7.18. The highest BCUT2D eigenvalue weighted by Crippen LogP contribution is 2.48. The molecule has 4 amide bonds. The molecule has 0 radical (unpaired) electrons. The van der Waals surface area contributed by atoms with E-state index in [1.54, 1.807) is 13.2 Å². The fraction of sp³-hybridized carbons (Fsp3) is 0.571. The van der Waals surface area contributed by atoms with Gasteiger partial charge in [-0.1, -0.05) is 38.2 Å². The molecule has 0 bridgehead atoms. The number of ether oxygens (including phenoxy) is 1. The fourth-order valence-electron chi connectivity index (χ4n) is 7.16. The van der Waals surface area contributed by atoms with Crippen molar-refractivity contribution in [3.63, 3.8) is 0 Å². The molecule has 1 aromatic carbocycles. The molecular formula is C28H37N5O5. The molecule has 3 fully saturated rings. The first kappa shape index (κ1) is 26.1. The Hall–Kier alpha value is -3.56. The van der Waals surface area contributed by atoms with Crippen LogP contribution in [0.15, 0.2) is 24.3 Å². The van der Waals surface area contributed by atoms with E-state index in [1.165, 1.54) is 11.3 Å². The first-order valence-corrected chi connectivity index (χ1v) is 13.6. The van der Waals surface area contributed by atoms with E-state index in [9.17, 15) is 19.2 Å².